The minimum Gasteiger partial charge on any atom is -0.383 e. The van der Waals surface area contributed by atoms with Crippen LogP contribution in [0.2, 0.25) is 0 Å². The van der Waals surface area contributed by atoms with Crippen LogP contribution in [0.25, 0.3) is 0 Å². The molecule has 1 N–H and O–H groups in total. The van der Waals surface area contributed by atoms with E-state index in [0.717, 1.165) is 0 Å². The van der Waals surface area contributed by atoms with Crippen LogP contribution in [0, 0.1) is 0 Å². The standard InChI is InChI=1S/C15H16O4S/c1-15(16,13-8-4-2-5-9-13)12-19-20(17,18)14-10-6-3-7-11-14/h2-11,16H,12H2,1H3. The Kier molecular flexibility index (Phi) is 4.23. The molecule has 20 heavy (non-hydrogen) atoms. The molecule has 0 aliphatic carbocycles. The maximum absolute atomic E-state index is 12.0. The van der Waals surface area contributed by atoms with E-state index in [2.05, 4.69) is 0 Å². The fourth-order valence-corrected chi connectivity index (χ4v) is 2.74. The van der Waals surface area contributed by atoms with Crippen LogP contribution in [-0.2, 0) is 19.9 Å². The molecule has 0 aliphatic rings. The lowest BCUT2D eigenvalue weighted by Gasteiger charge is -2.23. The minimum atomic E-state index is -3.86. The summed E-state index contributed by atoms with van der Waals surface area (Å²) in [6, 6.07) is 16.7. The van der Waals surface area contributed by atoms with E-state index in [0.29, 0.717) is 5.56 Å². The van der Waals surface area contributed by atoms with Gasteiger partial charge in [-0.2, -0.15) is 8.42 Å². The molecule has 0 fully saturated rings. The van der Waals surface area contributed by atoms with E-state index in [9.17, 15) is 13.5 Å². The summed E-state index contributed by atoms with van der Waals surface area (Å²) in [5.41, 5.74) is -0.772. The van der Waals surface area contributed by atoms with E-state index in [1.165, 1.54) is 19.1 Å². The first-order valence-corrected chi connectivity index (χ1v) is 7.55. The number of aliphatic hydroxyl groups is 1. The number of hydrogen-bond acceptors (Lipinski definition) is 4. The molecule has 2 aromatic rings. The van der Waals surface area contributed by atoms with Crippen molar-refractivity contribution in [3.63, 3.8) is 0 Å². The average molecular weight is 292 g/mol. The molecule has 0 heterocycles. The highest BCUT2D eigenvalue weighted by Crippen LogP contribution is 2.22. The van der Waals surface area contributed by atoms with Gasteiger partial charge < -0.3 is 5.11 Å². The molecule has 0 amide bonds. The van der Waals surface area contributed by atoms with Gasteiger partial charge in [-0.25, -0.2) is 0 Å². The summed E-state index contributed by atoms with van der Waals surface area (Å²) < 4.78 is 28.9. The van der Waals surface area contributed by atoms with Crippen LogP contribution in [0.1, 0.15) is 12.5 Å². The Bertz CT molecular complexity index is 649. The van der Waals surface area contributed by atoms with Crippen LogP contribution in [0.3, 0.4) is 0 Å². The van der Waals surface area contributed by atoms with Gasteiger partial charge in [0.2, 0.25) is 0 Å². The van der Waals surface area contributed by atoms with E-state index < -0.39 is 15.7 Å². The summed E-state index contributed by atoms with van der Waals surface area (Å²) in [6.45, 7) is 1.18. The van der Waals surface area contributed by atoms with Crippen molar-refractivity contribution < 1.29 is 17.7 Å². The molecule has 0 aromatic heterocycles. The number of benzene rings is 2. The molecule has 0 radical (unpaired) electrons. The zero-order valence-corrected chi connectivity index (χ0v) is 11.9. The first-order chi connectivity index (χ1) is 9.42. The second-order valence-corrected chi connectivity index (χ2v) is 6.28. The summed E-state index contributed by atoms with van der Waals surface area (Å²) >= 11 is 0. The molecular weight excluding hydrogens is 276 g/mol. The zero-order chi connectivity index (χ0) is 14.6. The second kappa shape index (κ2) is 5.75. The van der Waals surface area contributed by atoms with Crippen molar-refractivity contribution in [2.24, 2.45) is 0 Å². The fourth-order valence-electron chi connectivity index (χ4n) is 1.73. The quantitative estimate of drug-likeness (QED) is 0.859. The van der Waals surface area contributed by atoms with Gasteiger partial charge in [0.15, 0.2) is 0 Å². The lowest BCUT2D eigenvalue weighted by Crippen LogP contribution is -2.29. The molecule has 2 rings (SSSR count). The van der Waals surface area contributed by atoms with Crippen LogP contribution in [0.15, 0.2) is 65.6 Å². The van der Waals surface area contributed by atoms with Crippen molar-refractivity contribution in [3.8, 4) is 0 Å². The van der Waals surface area contributed by atoms with Crippen molar-refractivity contribution in [2.45, 2.75) is 17.4 Å². The van der Waals surface area contributed by atoms with Gasteiger partial charge in [-0.3, -0.25) is 4.18 Å². The third-order valence-corrected chi connectivity index (χ3v) is 4.20. The average Bonchev–Trinajstić information content (AvgIpc) is 2.47. The monoisotopic (exact) mass is 292 g/mol. The first-order valence-electron chi connectivity index (χ1n) is 6.14. The van der Waals surface area contributed by atoms with E-state index >= 15 is 0 Å². The van der Waals surface area contributed by atoms with Gasteiger partial charge >= 0.3 is 0 Å². The fraction of sp³-hybridized carbons (Fsp3) is 0.200. The summed E-state index contributed by atoms with van der Waals surface area (Å²) in [5, 5.41) is 10.3. The largest absolute Gasteiger partial charge is 0.383 e. The number of rotatable bonds is 5. The van der Waals surface area contributed by atoms with E-state index in [1.54, 1.807) is 42.5 Å². The Labute approximate surface area is 118 Å². The van der Waals surface area contributed by atoms with Crippen LogP contribution >= 0.6 is 0 Å². The highest BCUT2D eigenvalue weighted by Gasteiger charge is 2.27. The Morgan fingerprint density at radius 1 is 1.00 bits per heavy atom. The van der Waals surface area contributed by atoms with Crippen molar-refractivity contribution in [1.29, 1.82) is 0 Å². The molecule has 0 bridgehead atoms. The Morgan fingerprint density at radius 2 is 1.50 bits per heavy atom. The minimum absolute atomic E-state index is 0.0730. The van der Waals surface area contributed by atoms with Crippen LogP contribution in [0.4, 0.5) is 0 Å². The van der Waals surface area contributed by atoms with Gasteiger partial charge in [0.25, 0.3) is 10.1 Å². The highest BCUT2D eigenvalue weighted by atomic mass is 32.2. The van der Waals surface area contributed by atoms with E-state index in [1.807, 2.05) is 6.07 Å². The summed E-state index contributed by atoms with van der Waals surface area (Å²) in [7, 11) is -3.86. The Hall–Kier alpha value is -1.69. The van der Waals surface area contributed by atoms with Crippen LogP contribution < -0.4 is 0 Å². The van der Waals surface area contributed by atoms with E-state index in [4.69, 9.17) is 4.18 Å². The molecule has 0 saturated heterocycles. The molecule has 4 nitrogen and oxygen atoms in total. The van der Waals surface area contributed by atoms with Gasteiger partial charge in [0.05, 0.1) is 11.5 Å². The van der Waals surface area contributed by atoms with Gasteiger partial charge in [-0.1, -0.05) is 48.5 Å². The maximum Gasteiger partial charge on any atom is 0.297 e. The summed E-state index contributed by atoms with van der Waals surface area (Å²) in [4.78, 5) is 0.0730. The number of hydrogen-bond donors (Lipinski definition) is 1. The van der Waals surface area contributed by atoms with Gasteiger partial charge in [0.1, 0.15) is 5.60 Å². The lowest BCUT2D eigenvalue weighted by atomic mass is 9.97. The molecule has 0 spiro atoms. The maximum atomic E-state index is 12.0. The second-order valence-electron chi connectivity index (χ2n) is 4.67. The molecule has 5 heteroatoms. The van der Waals surface area contributed by atoms with Crippen molar-refractivity contribution in [2.75, 3.05) is 6.61 Å². The predicted octanol–water partition coefficient (Wildman–Crippen LogP) is 2.30. The van der Waals surface area contributed by atoms with Crippen LogP contribution in [0.5, 0.6) is 0 Å². The van der Waals surface area contributed by atoms with Crippen molar-refractivity contribution in [3.05, 3.63) is 66.2 Å². The molecule has 2 aromatic carbocycles. The Balaban J connectivity index is 2.12. The third kappa shape index (κ3) is 3.45. The Morgan fingerprint density at radius 3 is 2.05 bits per heavy atom. The smallest absolute Gasteiger partial charge is 0.297 e. The van der Waals surface area contributed by atoms with Crippen molar-refractivity contribution >= 4 is 10.1 Å². The zero-order valence-electron chi connectivity index (χ0n) is 11.1. The normalized spacial score (nSPS) is 14.7. The highest BCUT2D eigenvalue weighted by molar-refractivity contribution is 7.86. The van der Waals surface area contributed by atoms with Crippen molar-refractivity contribution in [1.82, 2.24) is 0 Å². The van der Waals surface area contributed by atoms with Gasteiger partial charge in [-0.05, 0) is 24.6 Å². The predicted molar refractivity (Wildman–Crippen MR) is 75.6 cm³/mol. The molecular formula is C15H16O4S. The summed E-state index contributed by atoms with van der Waals surface area (Å²) in [6.07, 6.45) is 0. The molecule has 106 valence electrons. The van der Waals surface area contributed by atoms with Crippen LogP contribution in [-0.4, -0.2) is 20.1 Å². The van der Waals surface area contributed by atoms with Gasteiger partial charge in [-0.15, -0.1) is 0 Å². The topological polar surface area (TPSA) is 63.6 Å². The molecule has 1 atom stereocenters. The van der Waals surface area contributed by atoms with E-state index in [-0.39, 0.29) is 11.5 Å². The summed E-state index contributed by atoms with van der Waals surface area (Å²) in [5.74, 6) is 0. The molecule has 1 unspecified atom stereocenters. The third-order valence-electron chi connectivity index (χ3n) is 2.92. The molecule has 0 saturated carbocycles. The molecule has 0 aliphatic heterocycles. The van der Waals surface area contributed by atoms with Gasteiger partial charge in [0, 0.05) is 0 Å². The first kappa shape index (κ1) is 14.7. The SMILES string of the molecule is CC(O)(COS(=O)(=O)c1ccccc1)c1ccccc1. The lowest BCUT2D eigenvalue weighted by molar-refractivity contribution is 0.00975.